The van der Waals surface area contributed by atoms with Crippen LogP contribution in [0.4, 0.5) is 11.6 Å². The molecule has 0 amide bonds. The molecule has 0 unspecified atom stereocenters. The van der Waals surface area contributed by atoms with Crippen molar-refractivity contribution < 1.29 is 4.74 Å². The van der Waals surface area contributed by atoms with E-state index in [-0.39, 0.29) is 5.56 Å². The van der Waals surface area contributed by atoms with Gasteiger partial charge in [-0.3, -0.25) is 9.89 Å². The highest BCUT2D eigenvalue weighted by Crippen LogP contribution is 2.19. The Balaban J connectivity index is 2.09. The summed E-state index contributed by atoms with van der Waals surface area (Å²) in [5.41, 5.74) is 1.13. The van der Waals surface area contributed by atoms with Crippen LogP contribution in [0.25, 0.3) is 10.8 Å². The van der Waals surface area contributed by atoms with E-state index < -0.39 is 0 Å². The third-order valence-corrected chi connectivity index (χ3v) is 3.16. The molecular formula is C14H13BN4O2. The lowest BCUT2D eigenvalue weighted by Gasteiger charge is -2.09. The third-order valence-electron chi connectivity index (χ3n) is 3.16. The van der Waals surface area contributed by atoms with Gasteiger partial charge in [-0.15, -0.1) is 0 Å². The fourth-order valence-corrected chi connectivity index (χ4v) is 2.17. The molecule has 21 heavy (non-hydrogen) atoms. The molecule has 0 spiro atoms. The van der Waals surface area contributed by atoms with E-state index in [9.17, 15) is 4.79 Å². The Hall–Kier alpha value is -2.70. The van der Waals surface area contributed by atoms with Gasteiger partial charge in [0.15, 0.2) is 5.82 Å². The molecule has 0 bridgehead atoms. The molecule has 2 radical (unpaired) electrons. The number of ether oxygens (including phenoxy) is 1. The van der Waals surface area contributed by atoms with Crippen molar-refractivity contribution in [2.45, 2.75) is 6.92 Å². The Morgan fingerprint density at radius 2 is 2.10 bits per heavy atom. The van der Waals surface area contributed by atoms with Crippen LogP contribution in [0.1, 0.15) is 5.69 Å². The van der Waals surface area contributed by atoms with Crippen LogP contribution in [0, 0.1) is 6.92 Å². The van der Waals surface area contributed by atoms with Gasteiger partial charge in [0.25, 0.3) is 5.56 Å². The number of anilines is 2. The summed E-state index contributed by atoms with van der Waals surface area (Å²) >= 11 is 0. The third kappa shape index (κ3) is 2.50. The zero-order valence-corrected chi connectivity index (χ0v) is 11.7. The zero-order valence-electron chi connectivity index (χ0n) is 11.7. The summed E-state index contributed by atoms with van der Waals surface area (Å²) in [6, 6.07) is 6.99. The highest BCUT2D eigenvalue weighted by molar-refractivity contribution is 6.35. The average molecular weight is 280 g/mol. The summed E-state index contributed by atoms with van der Waals surface area (Å²) in [7, 11) is 7.36. The van der Waals surface area contributed by atoms with Crippen molar-refractivity contribution in [2.24, 2.45) is 0 Å². The number of aromatic nitrogens is 3. The van der Waals surface area contributed by atoms with E-state index in [4.69, 9.17) is 12.6 Å². The van der Waals surface area contributed by atoms with Crippen molar-refractivity contribution in [2.75, 3.05) is 12.4 Å². The second kappa shape index (κ2) is 5.01. The molecule has 3 aromatic rings. The number of H-pyrrole nitrogens is 2. The van der Waals surface area contributed by atoms with E-state index in [1.807, 2.05) is 19.1 Å². The highest BCUT2D eigenvalue weighted by Gasteiger charge is 2.07. The van der Waals surface area contributed by atoms with Crippen LogP contribution in [-0.4, -0.2) is 30.1 Å². The van der Waals surface area contributed by atoms with E-state index in [0.717, 1.165) is 11.1 Å². The second-order valence-electron chi connectivity index (χ2n) is 4.75. The van der Waals surface area contributed by atoms with E-state index >= 15 is 0 Å². The number of methoxy groups -OCH3 is 1. The molecule has 2 aromatic heterocycles. The van der Waals surface area contributed by atoms with E-state index in [2.05, 4.69) is 20.5 Å². The number of rotatable bonds is 3. The highest BCUT2D eigenvalue weighted by atomic mass is 16.5. The molecule has 3 N–H and O–H groups in total. The van der Waals surface area contributed by atoms with Crippen molar-refractivity contribution in [3.63, 3.8) is 0 Å². The van der Waals surface area contributed by atoms with Crippen LogP contribution in [0.3, 0.4) is 0 Å². The Labute approximate surface area is 121 Å². The summed E-state index contributed by atoms with van der Waals surface area (Å²) in [6.45, 7) is 1.90. The first kappa shape index (κ1) is 13.3. The predicted molar refractivity (Wildman–Crippen MR) is 83.1 cm³/mol. The minimum absolute atomic E-state index is 0.225. The average Bonchev–Trinajstić information content (AvgIpc) is 2.84. The molecule has 2 heterocycles. The maximum atomic E-state index is 12.1. The largest absolute Gasteiger partial charge is 0.497 e. The Morgan fingerprint density at radius 3 is 2.76 bits per heavy atom. The maximum Gasteiger partial charge on any atom is 0.257 e. The van der Waals surface area contributed by atoms with Crippen LogP contribution in [0.2, 0.25) is 0 Å². The van der Waals surface area contributed by atoms with Gasteiger partial charge in [-0.05, 0) is 24.4 Å². The number of aryl methyl sites for hydroxylation is 1. The molecule has 0 aliphatic rings. The summed E-state index contributed by atoms with van der Waals surface area (Å²) < 4.78 is 5.18. The number of hydrogen-bond acceptors (Lipinski definition) is 4. The first-order chi connectivity index (χ1) is 10.1. The molecule has 104 valence electrons. The van der Waals surface area contributed by atoms with Gasteiger partial charge in [-0.25, -0.2) is 0 Å². The van der Waals surface area contributed by atoms with E-state index in [0.29, 0.717) is 28.2 Å². The van der Waals surface area contributed by atoms with Crippen molar-refractivity contribution in [1.82, 2.24) is 15.2 Å². The molecule has 0 saturated carbocycles. The van der Waals surface area contributed by atoms with E-state index in [1.165, 1.54) is 7.11 Å². The fraction of sp³-hybridized carbons (Fsp3) is 0.143. The molecule has 6 nitrogen and oxygen atoms in total. The van der Waals surface area contributed by atoms with Gasteiger partial charge in [0.1, 0.15) is 19.4 Å². The van der Waals surface area contributed by atoms with Crippen LogP contribution < -0.4 is 21.1 Å². The quantitative estimate of drug-likeness (QED) is 0.627. The van der Waals surface area contributed by atoms with Gasteiger partial charge >= 0.3 is 0 Å². The lowest BCUT2D eigenvalue weighted by molar-refractivity contribution is 0.419. The van der Waals surface area contributed by atoms with Crippen molar-refractivity contribution in [1.29, 1.82) is 0 Å². The minimum atomic E-state index is -0.225. The molecule has 1 aromatic carbocycles. The standard InChI is InChI=1S/C14H13BN4O2/c1-7-3-13(19-18-7)16-12-5-8-4-11(21-2)10(15)6-9(8)14(20)17-12/h3-6H,1-2H3,(H3,16,17,18,19,20). The van der Waals surface area contributed by atoms with Gasteiger partial charge in [-0.2, -0.15) is 5.10 Å². The number of aromatic amines is 2. The van der Waals surface area contributed by atoms with Gasteiger partial charge in [0.05, 0.1) is 7.11 Å². The van der Waals surface area contributed by atoms with Crippen LogP contribution in [-0.2, 0) is 0 Å². The molecule has 0 aliphatic heterocycles. The Bertz CT molecular complexity index is 869. The SMILES string of the molecule is [B]c1cc2c(=O)[nH]c(Nc3cc(C)[nH]n3)cc2cc1OC. The van der Waals surface area contributed by atoms with Gasteiger partial charge < -0.3 is 15.0 Å². The molecule has 3 rings (SSSR count). The van der Waals surface area contributed by atoms with Crippen molar-refractivity contribution >= 4 is 35.7 Å². The summed E-state index contributed by atoms with van der Waals surface area (Å²) in [5.74, 6) is 1.71. The smallest absolute Gasteiger partial charge is 0.257 e. The van der Waals surface area contributed by atoms with Crippen molar-refractivity contribution in [3.8, 4) is 5.75 Å². The number of pyridine rings is 1. The number of benzene rings is 1. The number of hydrogen-bond donors (Lipinski definition) is 3. The Kier molecular flexibility index (Phi) is 3.17. The molecule has 7 heteroatoms. The van der Waals surface area contributed by atoms with Gasteiger partial charge in [0, 0.05) is 17.1 Å². The maximum absolute atomic E-state index is 12.1. The lowest BCUT2D eigenvalue weighted by atomic mass is 9.92. The van der Waals surface area contributed by atoms with Gasteiger partial charge in [0.2, 0.25) is 0 Å². The normalized spacial score (nSPS) is 10.8. The van der Waals surface area contributed by atoms with E-state index in [1.54, 1.807) is 12.1 Å². The minimum Gasteiger partial charge on any atom is -0.497 e. The van der Waals surface area contributed by atoms with Crippen LogP contribution in [0.5, 0.6) is 5.75 Å². The summed E-state index contributed by atoms with van der Waals surface area (Å²) in [6.07, 6.45) is 0. The topological polar surface area (TPSA) is 82.8 Å². The molecule has 0 atom stereocenters. The number of fused-ring (bicyclic) bond motifs is 1. The van der Waals surface area contributed by atoms with Crippen LogP contribution in [0.15, 0.2) is 29.1 Å². The molecular weight excluding hydrogens is 267 g/mol. The first-order valence-corrected chi connectivity index (χ1v) is 6.36. The zero-order chi connectivity index (χ0) is 15.0. The lowest BCUT2D eigenvalue weighted by Crippen LogP contribution is -2.14. The second-order valence-corrected chi connectivity index (χ2v) is 4.75. The first-order valence-electron chi connectivity index (χ1n) is 6.36. The molecule has 0 fully saturated rings. The number of nitrogens with one attached hydrogen (secondary N) is 3. The predicted octanol–water partition coefficient (Wildman–Crippen LogP) is 1.11. The summed E-state index contributed by atoms with van der Waals surface area (Å²) in [5, 5.41) is 11.2. The molecule has 0 saturated heterocycles. The monoisotopic (exact) mass is 280 g/mol. The van der Waals surface area contributed by atoms with Gasteiger partial charge in [-0.1, -0.05) is 11.5 Å². The number of nitrogens with zero attached hydrogens (tertiary/aromatic N) is 1. The fourth-order valence-electron chi connectivity index (χ4n) is 2.17. The summed E-state index contributed by atoms with van der Waals surface area (Å²) in [4.78, 5) is 14.9. The van der Waals surface area contributed by atoms with Crippen LogP contribution >= 0.6 is 0 Å². The van der Waals surface area contributed by atoms with Crippen molar-refractivity contribution in [3.05, 3.63) is 40.3 Å². The Morgan fingerprint density at radius 1 is 1.29 bits per heavy atom. The molecule has 0 aliphatic carbocycles.